The first-order chi connectivity index (χ1) is 15.4. The highest BCUT2D eigenvalue weighted by atomic mass is 32.2. The Kier molecular flexibility index (Phi) is 7.33. The smallest absolute Gasteiger partial charge is 0.145 e. The van der Waals surface area contributed by atoms with Crippen molar-refractivity contribution < 1.29 is 4.74 Å². The molecule has 1 aliphatic carbocycles. The van der Waals surface area contributed by atoms with Gasteiger partial charge >= 0.3 is 0 Å². The third-order valence-corrected chi connectivity index (χ3v) is 8.70. The van der Waals surface area contributed by atoms with Crippen molar-refractivity contribution in [3.05, 3.63) is 31.0 Å². The van der Waals surface area contributed by atoms with Crippen LogP contribution in [0, 0.1) is 16.6 Å². The van der Waals surface area contributed by atoms with Crippen LogP contribution in [0.5, 0.6) is 0 Å². The molecule has 0 saturated heterocycles. The molecule has 7 nitrogen and oxygen atoms in total. The number of rotatable bonds is 9. The van der Waals surface area contributed by atoms with Gasteiger partial charge in [0.15, 0.2) is 0 Å². The molecule has 170 valence electrons. The second-order valence-corrected chi connectivity index (χ2v) is 16.3. The van der Waals surface area contributed by atoms with E-state index < -0.39 is 8.07 Å². The van der Waals surface area contributed by atoms with Gasteiger partial charge in [0.25, 0.3) is 0 Å². The Labute approximate surface area is 195 Å². The third kappa shape index (κ3) is 5.60. The van der Waals surface area contributed by atoms with Gasteiger partial charge in [-0.15, -0.1) is 0 Å². The van der Waals surface area contributed by atoms with Gasteiger partial charge in [-0.1, -0.05) is 19.6 Å². The van der Waals surface area contributed by atoms with Crippen molar-refractivity contribution in [2.24, 2.45) is 5.92 Å². The van der Waals surface area contributed by atoms with E-state index in [2.05, 4.69) is 61.6 Å². The standard InChI is InChI=1S/C23H32N6OSSi/c1-32(2,3)11-10-30-17-28-9-8-21-22(25-16-26-23(21)28)19-12-27-29(13-19)20-6-4-18(5-7-20)14-31-15-24/h8-9,12-13,16,18,20H,4-7,10-11,14,17H2,1-3H3/t18-,20+. The Morgan fingerprint density at radius 2 is 2.03 bits per heavy atom. The highest BCUT2D eigenvalue weighted by Crippen LogP contribution is 2.34. The summed E-state index contributed by atoms with van der Waals surface area (Å²) in [6, 6.07) is 3.65. The van der Waals surface area contributed by atoms with Gasteiger partial charge in [-0.2, -0.15) is 10.4 Å². The van der Waals surface area contributed by atoms with E-state index in [1.807, 2.05) is 12.4 Å². The molecule has 3 aromatic rings. The quantitative estimate of drug-likeness (QED) is 0.232. The molecule has 0 aromatic carbocycles. The van der Waals surface area contributed by atoms with Crippen LogP contribution < -0.4 is 0 Å². The molecule has 0 spiro atoms. The molecule has 9 heteroatoms. The first-order valence-electron chi connectivity index (χ1n) is 11.4. The summed E-state index contributed by atoms with van der Waals surface area (Å²) >= 11 is 1.38. The van der Waals surface area contributed by atoms with E-state index >= 15 is 0 Å². The molecule has 1 aliphatic rings. The number of ether oxygens (including phenoxy) is 1. The van der Waals surface area contributed by atoms with Crippen LogP contribution in [-0.4, -0.2) is 44.7 Å². The molecule has 1 fully saturated rings. The minimum Gasteiger partial charge on any atom is -0.361 e. The number of hydrogen-bond acceptors (Lipinski definition) is 6. The van der Waals surface area contributed by atoms with Crippen molar-refractivity contribution in [3.63, 3.8) is 0 Å². The Bertz CT molecular complexity index is 1070. The fourth-order valence-corrected chi connectivity index (χ4v) is 5.67. The summed E-state index contributed by atoms with van der Waals surface area (Å²) in [5, 5.41) is 16.7. The molecule has 0 atom stereocenters. The maximum Gasteiger partial charge on any atom is 0.145 e. The number of hydrogen-bond donors (Lipinski definition) is 0. The molecule has 3 heterocycles. The summed E-state index contributed by atoms with van der Waals surface area (Å²) in [7, 11) is -1.09. The van der Waals surface area contributed by atoms with Crippen molar-refractivity contribution in [3.8, 4) is 16.7 Å². The first-order valence-corrected chi connectivity index (χ1v) is 16.1. The lowest BCUT2D eigenvalue weighted by atomic mass is 9.87. The maximum absolute atomic E-state index is 8.78. The Balaban J connectivity index is 1.43. The minimum absolute atomic E-state index is 0.425. The van der Waals surface area contributed by atoms with Gasteiger partial charge in [-0.3, -0.25) is 4.68 Å². The number of thioether (sulfide) groups is 1. The van der Waals surface area contributed by atoms with E-state index in [0.717, 1.165) is 66.4 Å². The highest BCUT2D eigenvalue weighted by Gasteiger charge is 2.23. The van der Waals surface area contributed by atoms with Crippen molar-refractivity contribution in [2.45, 2.75) is 64.1 Å². The van der Waals surface area contributed by atoms with Crippen LogP contribution in [0.4, 0.5) is 0 Å². The molecule has 3 aromatic heterocycles. The van der Waals surface area contributed by atoms with Crippen molar-refractivity contribution in [1.82, 2.24) is 24.3 Å². The lowest BCUT2D eigenvalue weighted by Crippen LogP contribution is -2.22. The summed E-state index contributed by atoms with van der Waals surface area (Å²) < 4.78 is 10.1. The van der Waals surface area contributed by atoms with E-state index in [1.165, 1.54) is 11.8 Å². The van der Waals surface area contributed by atoms with E-state index in [4.69, 9.17) is 10.00 Å². The van der Waals surface area contributed by atoms with E-state index in [1.54, 1.807) is 6.33 Å². The van der Waals surface area contributed by atoms with Crippen LogP contribution in [0.25, 0.3) is 22.3 Å². The number of nitriles is 1. The van der Waals surface area contributed by atoms with Crippen molar-refractivity contribution in [2.75, 3.05) is 12.4 Å². The fourth-order valence-electron chi connectivity index (χ4n) is 4.27. The summed E-state index contributed by atoms with van der Waals surface area (Å²) in [5.41, 5.74) is 2.84. The summed E-state index contributed by atoms with van der Waals surface area (Å²) in [6.07, 6.45) is 12.2. The molecule has 1 saturated carbocycles. The van der Waals surface area contributed by atoms with Gasteiger partial charge in [0.1, 0.15) is 24.1 Å². The van der Waals surface area contributed by atoms with Gasteiger partial charge in [-0.05, 0) is 55.5 Å². The molecule has 0 amide bonds. The number of thiocyanates is 1. The molecule has 4 rings (SSSR count). The maximum atomic E-state index is 8.78. The average Bonchev–Trinajstić information content (AvgIpc) is 3.42. The highest BCUT2D eigenvalue weighted by molar-refractivity contribution is 8.03. The van der Waals surface area contributed by atoms with Crippen LogP contribution in [0.3, 0.4) is 0 Å². The summed E-state index contributed by atoms with van der Waals surface area (Å²) in [6.45, 7) is 8.39. The number of fused-ring (bicyclic) bond motifs is 1. The van der Waals surface area contributed by atoms with Crippen molar-refractivity contribution >= 4 is 30.9 Å². The lowest BCUT2D eigenvalue weighted by molar-refractivity contribution is 0.0899. The van der Waals surface area contributed by atoms with Crippen molar-refractivity contribution in [1.29, 1.82) is 5.26 Å². The van der Waals surface area contributed by atoms with Crippen LogP contribution >= 0.6 is 11.8 Å². The molecule has 0 aliphatic heterocycles. The van der Waals surface area contributed by atoms with Gasteiger partial charge in [0, 0.05) is 43.8 Å². The predicted octanol–water partition coefficient (Wildman–Crippen LogP) is 5.55. The van der Waals surface area contributed by atoms with E-state index in [-0.39, 0.29) is 0 Å². The number of aromatic nitrogens is 5. The van der Waals surface area contributed by atoms with Crippen LogP contribution in [0.15, 0.2) is 31.0 Å². The Morgan fingerprint density at radius 1 is 1.22 bits per heavy atom. The second kappa shape index (κ2) is 10.2. The molecular formula is C23H32N6OSSi. The molecule has 0 unspecified atom stereocenters. The largest absolute Gasteiger partial charge is 0.361 e. The lowest BCUT2D eigenvalue weighted by Gasteiger charge is -2.27. The molecular weight excluding hydrogens is 436 g/mol. The fraction of sp³-hybridized carbons (Fsp3) is 0.565. The first kappa shape index (κ1) is 23.0. The molecule has 32 heavy (non-hydrogen) atoms. The van der Waals surface area contributed by atoms with Gasteiger partial charge in [0.05, 0.1) is 17.9 Å². The van der Waals surface area contributed by atoms with Crippen LogP contribution in [0.1, 0.15) is 31.7 Å². The third-order valence-electron chi connectivity index (χ3n) is 6.23. The zero-order valence-corrected chi connectivity index (χ0v) is 21.0. The monoisotopic (exact) mass is 468 g/mol. The number of nitrogens with zero attached hydrogens (tertiary/aromatic N) is 6. The second-order valence-electron chi connectivity index (χ2n) is 9.88. The zero-order chi connectivity index (χ0) is 22.6. The molecule has 0 bridgehead atoms. The van der Waals surface area contributed by atoms with Crippen LogP contribution in [0.2, 0.25) is 25.7 Å². The van der Waals surface area contributed by atoms with Crippen LogP contribution in [-0.2, 0) is 11.5 Å². The molecule has 0 N–H and O–H groups in total. The van der Waals surface area contributed by atoms with E-state index in [0.29, 0.717) is 18.7 Å². The zero-order valence-electron chi connectivity index (χ0n) is 19.2. The topological polar surface area (TPSA) is 81.5 Å². The molecule has 0 radical (unpaired) electrons. The SMILES string of the molecule is C[Si](C)(C)CCOCn1ccc2c(-c3cnn([C@H]4CC[C@@H](CSC#N)CC4)c3)ncnc21. The van der Waals surface area contributed by atoms with Gasteiger partial charge < -0.3 is 9.30 Å². The van der Waals surface area contributed by atoms with Gasteiger partial charge in [-0.25, -0.2) is 9.97 Å². The predicted molar refractivity (Wildman–Crippen MR) is 132 cm³/mol. The van der Waals surface area contributed by atoms with E-state index in [9.17, 15) is 0 Å². The normalized spacial score (nSPS) is 19.3. The Morgan fingerprint density at radius 3 is 2.78 bits per heavy atom. The summed E-state index contributed by atoms with van der Waals surface area (Å²) in [5.74, 6) is 1.60. The summed E-state index contributed by atoms with van der Waals surface area (Å²) in [4.78, 5) is 9.09. The van der Waals surface area contributed by atoms with Gasteiger partial charge in [0.2, 0.25) is 0 Å². The average molecular weight is 469 g/mol. The minimum atomic E-state index is -1.09. The Hall–Kier alpha value is -2.15.